The minimum atomic E-state index is -0.465. The van der Waals surface area contributed by atoms with Crippen molar-refractivity contribution in [3.63, 3.8) is 0 Å². The van der Waals surface area contributed by atoms with Gasteiger partial charge in [0.2, 0.25) is 5.91 Å². The first-order chi connectivity index (χ1) is 10.1. The molecule has 1 aromatic carbocycles. The molecule has 0 spiro atoms. The standard InChI is InChI=1S/C16H19F2NO2/c17-11-1-2-15(18)13(7-11)12-8-14(12)16(21)19-5-3-10(9-20)4-6-19/h1-2,7,10,12,14,20H,3-6,8-9H2. The Labute approximate surface area is 122 Å². The van der Waals surface area contributed by atoms with Crippen molar-refractivity contribution in [2.45, 2.75) is 25.2 Å². The van der Waals surface area contributed by atoms with E-state index in [-0.39, 0.29) is 30.3 Å². The Morgan fingerprint density at radius 1 is 1.29 bits per heavy atom. The zero-order valence-corrected chi connectivity index (χ0v) is 11.8. The number of likely N-dealkylation sites (tertiary alicyclic amines) is 1. The second kappa shape index (κ2) is 5.72. The van der Waals surface area contributed by atoms with Crippen molar-refractivity contribution in [3.8, 4) is 0 Å². The van der Waals surface area contributed by atoms with Crippen LogP contribution in [0, 0.1) is 23.5 Å². The summed E-state index contributed by atoms with van der Waals surface area (Å²) in [6.45, 7) is 1.47. The van der Waals surface area contributed by atoms with Gasteiger partial charge in [0.1, 0.15) is 11.6 Å². The van der Waals surface area contributed by atoms with Crippen molar-refractivity contribution in [2.24, 2.45) is 11.8 Å². The van der Waals surface area contributed by atoms with Gasteiger partial charge in [-0.2, -0.15) is 0 Å². The van der Waals surface area contributed by atoms with Crippen LogP contribution in [0.4, 0.5) is 8.78 Å². The number of carbonyl (C=O) groups excluding carboxylic acids is 1. The van der Waals surface area contributed by atoms with Crippen molar-refractivity contribution in [1.82, 2.24) is 4.90 Å². The van der Waals surface area contributed by atoms with E-state index in [9.17, 15) is 13.6 Å². The Morgan fingerprint density at radius 2 is 2.00 bits per heavy atom. The van der Waals surface area contributed by atoms with Crippen molar-refractivity contribution in [3.05, 3.63) is 35.4 Å². The van der Waals surface area contributed by atoms with Crippen LogP contribution in [0.3, 0.4) is 0 Å². The summed E-state index contributed by atoms with van der Waals surface area (Å²) in [5, 5.41) is 9.10. The molecule has 1 N–H and O–H groups in total. The van der Waals surface area contributed by atoms with Gasteiger partial charge >= 0.3 is 0 Å². The molecule has 2 aliphatic rings. The zero-order valence-electron chi connectivity index (χ0n) is 11.8. The third-order valence-corrected chi connectivity index (χ3v) is 4.65. The highest BCUT2D eigenvalue weighted by molar-refractivity contribution is 5.83. The van der Waals surface area contributed by atoms with E-state index in [2.05, 4.69) is 0 Å². The van der Waals surface area contributed by atoms with Crippen molar-refractivity contribution in [2.75, 3.05) is 19.7 Å². The van der Waals surface area contributed by atoms with Gasteiger partial charge in [0.25, 0.3) is 0 Å². The molecule has 1 saturated carbocycles. The second-order valence-corrected chi connectivity index (χ2v) is 6.07. The SMILES string of the molecule is O=C(C1CC1c1cc(F)ccc1F)N1CCC(CO)CC1. The first kappa shape index (κ1) is 14.4. The zero-order chi connectivity index (χ0) is 15.0. The average Bonchev–Trinajstić information content (AvgIpc) is 3.29. The predicted molar refractivity (Wildman–Crippen MR) is 73.6 cm³/mol. The largest absolute Gasteiger partial charge is 0.396 e. The van der Waals surface area contributed by atoms with Crippen molar-refractivity contribution in [1.29, 1.82) is 0 Å². The number of piperidine rings is 1. The highest BCUT2D eigenvalue weighted by Crippen LogP contribution is 2.49. The molecule has 2 atom stereocenters. The number of aliphatic hydroxyl groups is 1. The molecule has 3 rings (SSSR count). The van der Waals surface area contributed by atoms with Crippen LogP contribution in [-0.4, -0.2) is 35.6 Å². The first-order valence-corrected chi connectivity index (χ1v) is 7.44. The summed E-state index contributed by atoms with van der Waals surface area (Å²) in [6.07, 6.45) is 2.22. The fraction of sp³-hybridized carbons (Fsp3) is 0.562. The Balaban J connectivity index is 1.62. The second-order valence-electron chi connectivity index (χ2n) is 6.07. The van der Waals surface area contributed by atoms with E-state index in [0.717, 1.165) is 25.0 Å². The van der Waals surface area contributed by atoms with Crippen LogP contribution >= 0.6 is 0 Å². The molecule has 1 aliphatic carbocycles. The molecule has 3 nitrogen and oxygen atoms in total. The highest BCUT2D eigenvalue weighted by Gasteiger charge is 2.47. The smallest absolute Gasteiger partial charge is 0.226 e. The Morgan fingerprint density at radius 3 is 2.67 bits per heavy atom. The van der Waals surface area contributed by atoms with Gasteiger partial charge in [0.05, 0.1) is 0 Å². The number of amides is 1. The number of rotatable bonds is 3. The summed E-state index contributed by atoms with van der Waals surface area (Å²) in [7, 11) is 0. The minimum absolute atomic E-state index is 0.0417. The van der Waals surface area contributed by atoms with E-state index in [1.54, 1.807) is 4.90 Å². The molecule has 0 bridgehead atoms. The summed E-state index contributed by atoms with van der Waals surface area (Å²) in [4.78, 5) is 14.2. The molecule has 1 aliphatic heterocycles. The molecule has 2 fully saturated rings. The molecule has 0 radical (unpaired) electrons. The molecule has 1 amide bonds. The number of hydrogen-bond acceptors (Lipinski definition) is 2. The third kappa shape index (κ3) is 2.93. The number of nitrogens with zero attached hydrogens (tertiary/aromatic N) is 1. The number of carbonyl (C=O) groups is 1. The Bertz CT molecular complexity index is 541. The molecule has 21 heavy (non-hydrogen) atoms. The van der Waals surface area contributed by atoms with Crippen LogP contribution in [0.5, 0.6) is 0 Å². The van der Waals surface area contributed by atoms with E-state index in [4.69, 9.17) is 5.11 Å². The quantitative estimate of drug-likeness (QED) is 0.929. The summed E-state index contributed by atoms with van der Waals surface area (Å²) in [6, 6.07) is 3.42. The maximum atomic E-state index is 13.7. The Kier molecular flexibility index (Phi) is 3.93. The number of halogens is 2. The van der Waals surface area contributed by atoms with Crippen molar-refractivity contribution >= 4 is 5.91 Å². The molecule has 2 unspecified atom stereocenters. The summed E-state index contributed by atoms with van der Waals surface area (Å²) in [5.41, 5.74) is 0.318. The highest BCUT2D eigenvalue weighted by atomic mass is 19.1. The molecule has 5 heteroatoms. The van der Waals surface area contributed by atoms with Crippen LogP contribution < -0.4 is 0 Å². The molecular weight excluding hydrogens is 276 g/mol. The van der Waals surface area contributed by atoms with E-state index in [1.807, 2.05) is 0 Å². The minimum Gasteiger partial charge on any atom is -0.396 e. The normalized spacial score (nSPS) is 26.0. The van der Waals surface area contributed by atoms with Gasteiger partial charge in [0.15, 0.2) is 0 Å². The van der Waals surface area contributed by atoms with E-state index in [1.165, 1.54) is 6.07 Å². The lowest BCUT2D eigenvalue weighted by atomic mass is 9.97. The average molecular weight is 295 g/mol. The first-order valence-electron chi connectivity index (χ1n) is 7.44. The summed E-state index contributed by atoms with van der Waals surface area (Å²) < 4.78 is 26.9. The lowest BCUT2D eigenvalue weighted by Crippen LogP contribution is -2.40. The van der Waals surface area contributed by atoms with Gasteiger partial charge in [-0.3, -0.25) is 4.79 Å². The number of hydrogen-bond donors (Lipinski definition) is 1. The van der Waals surface area contributed by atoms with Crippen LogP contribution in [0.25, 0.3) is 0 Å². The van der Waals surface area contributed by atoms with Crippen LogP contribution in [0.2, 0.25) is 0 Å². The van der Waals surface area contributed by atoms with Crippen molar-refractivity contribution < 1.29 is 18.7 Å². The summed E-state index contributed by atoms with van der Waals surface area (Å²) >= 11 is 0. The van der Waals surface area contributed by atoms with Crippen LogP contribution in [-0.2, 0) is 4.79 Å². The fourth-order valence-electron chi connectivity index (χ4n) is 3.18. The molecule has 114 valence electrons. The molecule has 1 aromatic rings. The molecule has 1 heterocycles. The van der Waals surface area contributed by atoms with Gasteiger partial charge in [-0.05, 0) is 54.9 Å². The maximum Gasteiger partial charge on any atom is 0.226 e. The van der Waals surface area contributed by atoms with E-state index < -0.39 is 11.6 Å². The number of benzene rings is 1. The maximum absolute atomic E-state index is 13.7. The predicted octanol–water partition coefficient (Wildman–Crippen LogP) is 2.30. The topological polar surface area (TPSA) is 40.5 Å². The number of aliphatic hydroxyl groups excluding tert-OH is 1. The van der Waals surface area contributed by atoms with Gasteiger partial charge in [0, 0.05) is 25.6 Å². The lowest BCUT2D eigenvalue weighted by molar-refractivity contribution is -0.134. The summed E-state index contributed by atoms with van der Waals surface area (Å²) in [5.74, 6) is -0.982. The van der Waals surface area contributed by atoms with Gasteiger partial charge in [-0.1, -0.05) is 0 Å². The van der Waals surface area contributed by atoms with Crippen LogP contribution in [0.15, 0.2) is 18.2 Å². The molecular formula is C16H19F2NO2. The van der Waals surface area contributed by atoms with Gasteiger partial charge in [-0.25, -0.2) is 8.78 Å². The van der Waals surface area contributed by atoms with E-state index in [0.29, 0.717) is 25.1 Å². The van der Waals surface area contributed by atoms with Gasteiger partial charge in [-0.15, -0.1) is 0 Å². The Hall–Kier alpha value is -1.49. The molecule has 1 saturated heterocycles. The molecule has 0 aromatic heterocycles. The van der Waals surface area contributed by atoms with E-state index >= 15 is 0 Å². The van der Waals surface area contributed by atoms with Crippen LogP contribution in [0.1, 0.15) is 30.7 Å². The monoisotopic (exact) mass is 295 g/mol. The lowest BCUT2D eigenvalue weighted by Gasteiger charge is -2.31. The third-order valence-electron chi connectivity index (χ3n) is 4.65. The van der Waals surface area contributed by atoms with Gasteiger partial charge < -0.3 is 10.0 Å². The fourth-order valence-corrected chi connectivity index (χ4v) is 3.18.